The summed E-state index contributed by atoms with van der Waals surface area (Å²) >= 11 is 0. The van der Waals surface area contributed by atoms with Crippen LogP contribution in [-0.4, -0.2) is 6.54 Å². The topological polar surface area (TPSA) is 12.0 Å². The quantitative estimate of drug-likeness (QED) is 0.489. The fourth-order valence-electron chi connectivity index (χ4n) is 1.41. The fraction of sp³-hybridized carbons (Fsp3) is 0.700. The van der Waals surface area contributed by atoms with Crippen LogP contribution in [0.15, 0.2) is 36.6 Å². The van der Waals surface area contributed by atoms with Crippen LogP contribution in [0.25, 0.3) is 0 Å². The second kappa shape index (κ2) is 17.1. The summed E-state index contributed by atoms with van der Waals surface area (Å²) in [5, 5.41) is 3.49. The van der Waals surface area contributed by atoms with Crippen LogP contribution >= 0.6 is 0 Å². The fourth-order valence-corrected chi connectivity index (χ4v) is 1.41. The minimum atomic E-state index is 0.395. The summed E-state index contributed by atoms with van der Waals surface area (Å²) in [7, 11) is 0. The van der Waals surface area contributed by atoms with Crippen molar-refractivity contribution in [2.75, 3.05) is 6.54 Å². The zero-order valence-electron chi connectivity index (χ0n) is 16.2. The van der Waals surface area contributed by atoms with Crippen molar-refractivity contribution in [1.29, 1.82) is 0 Å². The standard InChI is InChI=1S/C16H29N.2C2H6/c1-7-9-11-15(10-8-2)17-13-12-16(5,6)14(3)4;2*1-2/h7,9-11,14,17H,1,8,12-13H2,2-6H3;2*1-2H3/b11-9-,15-10+;;. The zero-order chi connectivity index (χ0) is 17.3. The molecule has 0 unspecified atom stereocenters. The van der Waals surface area contributed by atoms with E-state index in [1.165, 1.54) is 12.1 Å². The Morgan fingerprint density at radius 2 is 1.67 bits per heavy atom. The van der Waals surface area contributed by atoms with Gasteiger partial charge in [0.25, 0.3) is 0 Å². The highest BCUT2D eigenvalue weighted by Gasteiger charge is 2.21. The largest absolute Gasteiger partial charge is 0.385 e. The maximum Gasteiger partial charge on any atom is 0.0299 e. The van der Waals surface area contributed by atoms with E-state index in [1.54, 1.807) is 0 Å². The Labute approximate surface area is 135 Å². The summed E-state index contributed by atoms with van der Waals surface area (Å²) in [5.74, 6) is 0.714. The van der Waals surface area contributed by atoms with Gasteiger partial charge in [-0.25, -0.2) is 0 Å². The van der Waals surface area contributed by atoms with Gasteiger partial charge in [-0.3, -0.25) is 0 Å². The number of hydrogen-bond donors (Lipinski definition) is 1. The molecule has 0 aliphatic heterocycles. The van der Waals surface area contributed by atoms with Gasteiger partial charge in [0.2, 0.25) is 0 Å². The monoisotopic (exact) mass is 295 g/mol. The molecule has 0 aromatic carbocycles. The van der Waals surface area contributed by atoms with Crippen molar-refractivity contribution in [1.82, 2.24) is 5.32 Å². The van der Waals surface area contributed by atoms with E-state index in [2.05, 4.69) is 58.7 Å². The summed E-state index contributed by atoms with van der Waals surface area (Å²) in [6, 6.07) is 0. The average molecular weight is 296 g/mol. The molecular weight excluding hydrogens is 254 g/mol. The molecule has 0 saturated carbocycles. The van der Waals surface area contributed by atoms with Gasteiger partial charge in [0.05, 0.1) is 0 Å². The predicted molar refractivity (Wildman–Crippen MR) is 102 cm³/mol. The molecule has 0 heterocycles. The molecule has 0 aliphatic carbocycles. The summed E-state index contributed by atoms with van der Waals surface area (Å²) < 4.78 is 0. The molecule has 1 heteroatoms. The van der Waals surface area contributed by atoms with Crippen LogP contribution in [0.4, 0.5) is 0 Å². The lowest BCUT2D eigenvalue weighted by Crippen LogP contribution is -2.25. The number of nitrogens with one attached hydrogen (secondary N) is 1. The van der Waals surface area contributed by atoms with Crippen molar-refractivity contribution in [3.05, 3.63) is 36.6 Å². The van der Waals surface area contributed by atoms with Gasteiger partial charge in [-0.2, -0.15) is 0 Å². The molecule has 0 atom stereocenters. The van der Waals surface area contributed by atoms with Crippen LogP contribution in [0.5, 0.6) is 0 Å². The smallest absolute Gasteiger partial charge is 0.0299 e. The van der Waals surface area contributed by atoms with E-state index in [9.17, 15) is 0 Å². The molecule has 0 aliphatic rings. The van der Waals surface area contributed by atoms with Gasteiger partial charge in [-0.05, 0) is 30.3 Å². The molecule has 0 aromatic heterocycles. The molecule has 1 N–H and O–H groups in total. The minimum Gasteiger partial charge on any atom is -0.385 e. The Balaban J connectivity index is -0.000000739. The predicted octanol–water partition coefficient (Wildman–Crippen LogP) is 6.74. The summed E-state index contributed by atoms with van der Waals surface area (Å²) in [6.07, 6.45) is 10.3. The molecule has 0 radical (unpaired) electrons. The van der Waals surface area contributed by atoms with E-state index in [-0.39, 0.29) is 0 Å². The van der Waals surface area contributed by atoms with Crippen LogP contribution < -0.4 is 5.32 Å². The van der Waals surface area contributed by atoms with Crippen LogP contribution in [0, 0.1) is 11.3 Å². The lowest BCUT2D eigenvalue weighted by Gasteiger charge is -2.29. The van der Waals surface area contributed by atoms with Gasteiger partial charge in [-0.15, -0.1) is 0 Å². The van der Waals surface area contributed by atoms with Crippen molar-refractivity contribution in [3.8, 4) is 0 Å². The van der Waals surface area contributed by atoms with Gasteiger partial charge in [0, 0.05) is 12.2 Å². The number of rotatable bonds is 8. The molecule has 0 rings (SSSR count). The van der Waals surface area contributed by atoms with Crippen molar-refractivity contribution in [3.63, 3.8) is 0 Å². The highest BCUT2D eigenvalue weighted by Crippen LogP contribution is 2.29. The Kier molecular flexibility index (Phi) is 20.3. The molecule has 0 aromatic rings. The zero-order valence-corrected chi connectivity index (χ0v) is 16.2. The van der Waals surface area contributed by atoms with E-state index < -0.39 is 0 Å². The first kappa shape index (κ1) is 25.0. The maximum atomic E-state index is 3.69. The highest BCUT2D eigenvalue weighted by molar-refractivity contribution is 5.19. The third kappa shape index (κ3) is 15.2. The summed E-state index contributed by atoms with van der Waals surface area (Å²) in [4.78, 5) is 0. The third-order valence-electron chi connectivity index (χ3n) is 3.50. The summed E-state index contributed by atoms with van der Waals surface area (Å²) in [6.45, 7) is 24.1. The molecule has 0 spiro atoms. The van der Waals surface area contributed by atoms with Gasteiger partial charge in [0.15, 0.2) is 0 Å². The molecule has 0 saturated heterocycles. The first-order valence-electron chi connectivity index (χ1n) is 8.67. The van der Waals surface area contributed by atoms with E-state index in [0.29, 0.717) is 11.3 Å². The second-order valence-electron chi connectivity index (χ2n) is 5.48. The van der Waals surface area contributed by atoms with Crippen molar-refractivity contribution < 1.29 is 0 Å². The highest BCUT2D eigenvalue weighted by atomic mass is 14.9. The van der Waals surface area contributed by atoms with Crippen molar-refractivity contribution >= 4 is 0 Å². The van der Waals surface area contributed by atoms with Crippen LogP contribution in [0.1, 0.15) is 75.2 Å². The third-order valence-corrected chi connectivity index (χ3v) is 3.50. The van der Waals surface area contributed by atoms with E-state index in [1.807, 2.05) is 39.8 Å². The molecule has 0 bridgehead atoms. The average Bonchev–Trinajstić information content (AvgIpc) is 2.48. The normalized spacial score (nSPS) is 11.4. The van der Waals surface area contributed by atoms with E-state index >= 15 is 0 Å². The molecule has 21 heavy (non-hydrogen) atoms. The Morgan fingerprint density at radius 3 is 2.05 bits per heavy atom. The SMILES string of the molecule is C=C/C=C\C(=C/CC)NCCC(C)(C)C(C)C.CC.CC. The second-order valence-corrected chi connectivity index (χ2v) is 5.48. The Hall–Kier alpha value is -0.980. The molecular formula is C20H41N. The minimum absolute atomic E-state index is 0.395. The lowest BCUT2D eigenvalue weighted by atomic mass is 9.78. The van der Waals surface area contributed by atoms with Gasteiger partial charge < -0.3 is 5.32 Å². The van der Waals surface area contributed by atoms with Gasteiger partial charge in [-0.1, -0.05) is 87.1 Å². The van der Waals surface area contributed by atoms with Crippen molar-refractivity contribution in [2.45, 2.75) is 75.2 Å². The van der Waals surface area contributed by atoms with E-state index in [0.717, 1.165) is 13.0 Å². The first-order chi connectivity index (χ1) is 9.94. The number of allylic oxidation sites excluding steroid dienone is 4. The van der Waals surface area contributed by atoms with Crippen molar-refractivity contribution in [2.24, 2.45) is 11.3 Å². The lowest BCUT2D eigenvalue weighted by molar-refractivity contribution is 0.229. The van der Waals surface area contributed by atoms with Crippen LogP contribution in [-0.2, 0) is 0 Å². The van der Waals surface area contributed by atoms with Gasteiger partial charge in [0.1, 0.15) is 0 Å². The molecule has 126 valence electrons. The summed E-state index contributed by atoms with van der Waals surface area (Å²) in [5.41, 5.74) is 1.60. The number of hydrogen-bond acceptors (Lipinski definition) is 1. The Morgan fingerprint density at radius 1 is 1.14 bits per heavy atom. The maximum absolute atomic E-state index is 3.69. The molecule has 0 fully saturated rings. The van der Waals surface area contributed by atoms with Crippen LogP contribution in [0.3, 0.4) is 0 Å². The van der Waals surface area contributed by atoms with E-state index in [4.69, 9.17) is 0 Å². The Bertz CT molecular complexity index is 270. The first-order valence-corrected chi connectivity index (χ1v) is 8.67. The van der Waals surface area contributed by atoms with Crippen LogP contribution in [0.2, 0.25) is 0 Å². The molecule has 1 nitrogen and oxygen atoms in total. The molecule has 0 amide bonds. The van der Waals surface area contributed by atoms with Gasteiger partial charge >= 0.3 is 0 Å².